The maximum Gasteiger partial charge on any atom is 0.225 e. The van der Waals surface area contributed by atoms with E-state index in [4.69, 9.17) is 5.73 Å². The molecule has 0 aromatic heterocycles. The topological polar surface area (TPSA) is 75.4 Å². The minimum atomic E-state index is 0.0153. The van der Waals surface area contributed by atoms with Crippen LogP contribution in [-0.4, -0.2) is 41.9 Å². The molecule has 1 saturated heterocycles. The van der Waals surface area contributed by atoms with Gasteiger partial charge in [0.15, 0.2) is 0 Å². The van der Waals surface area contributed by atoms with Crippen molar-refractivity contribution in [1.82, 2.24) is 10.2 Å². The number of piperidine rings is 1. The van der Waals surface area contributed by atoms with Crippen molar-refractivity contribution in [2.75, 3.05) is 13.1 Å². The van der Waals surface area contributed by atoms with Gasteiger partial charge in [-0.25, -0.2) is 0 Å². The minimum Gasteiger partial charge on any atom is -0.353 e. The number of carbonyl (C=O) groups is 2. The highest BCUT2D eigenvalue weighted by atomic mass is 16.2. The Balaban J connectivity index is 1.79. The van der Waals surface area contributed by atoms with E-state index in [-0.39, 0.29) is 29.8 Å². The molecule has 102 valence electrons. The maximum atomic E-state index is 12.3. The predicted octanol–water partition coefficient (Wildman–Crippen LogP) is 0.241. The SMILES string of the molecule is CC(=O)NC1CCN(C(=O)C2CCC(N)C2)CC1. The average molecular weight is 253 g/mol. The molecule has 5 nitrogen and oxygen atoms in total. The smallest absolute Gasteiger partial charge is 0.225 e. The predicted molar refractivity (Wildman–Crippen MR) is 68.7 cm³/mol. The highest BCUT2D eigenvalue weighted by Crippen LogP contribution is 2.27. The van der Waals surface area contributed by atoms with E-state index < -0.39 is 0 Å². The van der Waals surface area contributed by atoms with Crippen molar-refractivity contribution in [3.63, 3.8) is 0 Å². The van der Waals surface area contributed by atoms with Crippen LogP contribution in [0.2, 0.25) is 0 Å². The zero-order valence-electron chi connectivity index (χ0n) is 11.0. The molecular weight excluding hydrogens is 230 g/mol. The Hall–Kier alpha value is -1.10. The van der Waals surface area contributed by atoms with Crippen LogP contribution in [0.3, 0.4) is 0 Å². The van der Waals surface area contributed by atoms with Crippen molar-refractivity contribution in [2.24, 2.45) is 11.7 Å². The lowest BCUT2D eigenvalue weighted by atomic mass is 10.0. The van der Waals surface area contributed by atoms with Crippen molar-refractivity contribution in [3.8, 4) is 0 Å². The Morgan fingerprint density at radius 3 is 2.33 bits per heavy atom. The number of hydrogen-bond acceptors (Lipinski definition) is 3. The fraction of sp³-hybridized carbons (Fsp3) is 0.846. The third kappa shape index (κ3) is 3.22. The number of amides is 2. The molecule has 2 aliphatic rings. The van der Waals surface area contributed by atoms with E-state index in [2.05, 4.69) is 5.32 Å². The summed E-state index contributed by atoms with van der Waals surface area (Å²) in [4.78, 5) is 25.2. The van der Waals surface area contributed by atoms with E-state index >= 15 is 0 Å². The van der Waals surface area contributed by atoms with Gasteiger partial charge in [0, 0.05) is 38.0 Å². The van der Waals surface area contributed by atoms with Gasteiger partial charge >= 0.3 is 0 Å². The van der Waals surface area contributed by atoms with Gasteiger partial charge in [-0.3, -0.25) is 9.59 Å². The zero-order valence-corrected chi connectivity index (χ0v) is 11.0. The third-order valence-corrected chi connectivity index (χ3v) is 4.04. The van der Waals surface area contributed by atoms with Crippen LogP contribution in [0.5, 0.6) is 0 Å². The van der Waals surface area contributed by atoms with Crippen LogP contribution in [0.4, 0.5) is 0 Å². The Morgan fingerprint density at radius 2 is 1.83 bits per heavy atom. The number of nitrogens with two attached hydrogens (primary N) is 1. The molecule has 0 bridgehead atoms. The van der Waals surface area contributed by atoms with Gasteiger partial charge in [-0.2, -0.15) is 0 Å². The molecule has 2 rings (SSSR count). The normalized spacial score (nSPS) is 29.3. The summed E-state index contributed by atoms with van der Waals surface area (Å²) >= 11 is 0. The highest BCUT2D eigenvalue weighted by molar-refractivity contribution is 5.79. The first-order valence-corrected chi connectivity index (χ1v) is 6.87. The van der Waals surface area contributed by atoms with Gasteiger partial charge < -0.3 is 16.0 Å². The molecule has 5 heteroatoms. The molecule has 1 aliphatic carbocycles. The van der Waals surface area contributed by atoms with Gasteiger partial charge in [0.25, 0.3) is 0 Å². The summed E-state index contributed by atoms with van der Waals surface area (Å²) in [5.41, 5.74) is 5.85. The monoisotopic (exact) mass is 253 g/mol. The zero-order chi connectivity index (χ0) is 13.1. The average Bonchev–Trinajstić information content (AvgIpc) is 2.75. The van der Waals surface area contributed by atoms with Crippen LogP contribution < -0.4 is 11.1 Å². The number of likely N-dealkylation sites (tertiary alicyclic amines) is 1. The maximum absolute atomic E-state index is 12.3. The molecule has 2 fully saturated rings. The lowest BCUT2D eigenvalue weighted by Crippen LogP contribution is -2.47. The Kier molecular flexibility index (Phi) is 4.22. The van der Waals surface area contributed by atoms with E-state index in [1.54, 1.807) is 0 Å². The summed E-state index contributed by atoms with van der Waals surface area (Å²) < 4.78 is 0. The standard InChI is InChI=1S/C13H23N3O2/c1-9(17)15-12-4-6-16(7-5-12)13(18)10-2-3-11(14)8-10/h10-12H,2-8,14H2,1H3,(H,15,17). The molecule has 3 N–H and O–H groups in total. The fourth-order valence-corrected chi connectivity index (χ4v) is 3.03. The molecule has 0 spiro atoms. The molecule has 2 amide bonds. The van der Waals surface area contributed by atoms with Crippen LogP contribution in [-0.2, 0) is 9.59 Å². The molecule has 1 saturated carbocycles. The molecule has 0 aromatic carbocycles. The fourth-order valence-electron chi connectivity index (χ4n) is 3.03. The second-order valence-corrected chi connectivity index (χ2v) is 5.57. The molecule has 0 aromatic rings. The van der Waals surface area contributed by atoms with E-state index in [0.717, 1.165) is 45.2 Å². The lowest BCUT2D eigenvalue weighted by molar-refractivity contribution is -0.136. The quantitative estimate of drug-likeness (QED) is 0.740. The highest BCUT2D eigenvalue weighted by Gasteiger charge is 2.32. The molecule has 2 atom stereocenters. The van der Waals surface area contributed by atoms with Gasteiger partial charge in [-0.1, -0.05) is 0 Å². The molecule has 0 radical (unpaired) electrons. The number of hydrogen-bond donors (Lipinski definition) is 2. The first-order valence-electron chi connectivity index (χ1n) is 6.87. The van der Waals surface area contributed by atoms with Crippen molar-refractivity contribution in [3.05, 3.63) is 0 Å². The summed E-state index contributed by atoms with van der Waals surface area (Å²) in [5, 5.41) is 2.92. The summed E-state index contributed by atoms with van der Waals surface area (Å²) in [5.74, 6) is 0.420. The van der Waals surface area contributed by atoms with Crippen LogP contribution in [0.25, 0.3) is 0 Å². The first kappa shape index (κ1) is 13.3. The third-order valence-electron chi connectivity index (χ3n) is 4.04. The summed E-state index contributed by atoms with van der Waals surface area (Å²) in [6.07, 6.45) is 4.48. The van der Waals surface area contributed by atoms with Gasteiger partial charge in [-0.05, 0) is 32.1 Å². The van der Waals surface area contributed by atoms with Crippen molar-refractivity contribution >= 4 is 11.8 Å². The van der Waals surface area contributed by atoms with Gasteiger partial charge in [-0.15, -0.1) is 0 Å². The van der Waals surface area contributed by atoms with Crippen molar-refractivity contribution < 1.29 is 9.59 Å². The van der Waals surface area contributed by atoms with Crippen LogP contribution >= 0.6 is 0 Å². The minimum absolute atomic E-state index is 0.0153. The Morgan fingerprint density at radius 1 is 1.17 bits per heavy atom. The molecule has 1 heterocycles. The van der Waals surface area contributed by atoms with E-state index in [1.165, 1.54) is 6.92 Å². The van der Waals surface area contributed by atoms with Gasteiger partial charge in [0.05, 0.1) is 0 Å². The summed E-state index contributed by atoms with van der Waals surface area (Å²) in [6, 6.07) is 0.438. The number of nitrogens with zero attached hydrogens (tertiary/aromatic N) is 1. The number of nitrogens with one attached hydrogen (secondary N) is 1. The lowest BCUT2D eigenvalue weighted by Gasteiger charge is -2.33. The molecular formula is C13H23N3O2. The van der Waals surface area contributed by atoms with E-state index in [9.17, 15) is 9.59 Å². The summed E-state index contributed by atoms with van der Waals surface area (Å²) in [7, 11) is 0. The second kappa shape index (κ2) is 5.69. The van der Waals surface area contributed by atoms with E-state index in [1.807, 2.05) is 4.90 Å². The van der Waals surface area contributed by atoms with Gasteiger partial charge in [0.1, 0.15) is 0 Å². The second-order valence-electron chi connectivity index (χ2n) is 5.57. The molecule has 1 aliphatic heterocycles. The van der Waals surface area contributed by atoms with Crippen LogP contribution in [0, 0.1) is 5.92 Å². The molecule has 2 unspecified atom stereocenters. The number of carbonyl (C=O) groups excluding carboxylic acids is 2. The van der Waals surface area contributed by atoms with Crippen LogP contribution in [0.1, 0.15) is 39.0 Å². The Labute approximate surface area is 108 Å². The van der Waals surface area contributed by atoms with Crippen molar-refractivity contribution in [1.29, 1.82) is 0 Å². The van der Waals surface area contributed by atoms with Crippen molar-refractivity contribution in [2.45, 2.75) is 51.1 Å². The van der Waals surface area contributed by atoms with Gasteiger partial charge in [0.2, 0.25) is 11.8 Å². The van der Waals surface area contributed by atoms with Crippen LogP contribution in [0.15, 0.2) is 0 Å². The first-order chi connectivity index (χ1) is 8.56. The number of rotatable bonds is 2. The molecule has 18 heavy (non-hydrogen) atoms. The Bertz CT molecular complexity index is 324. The summed E-state index contributed by atoms with van der Waals surface area (Å²) in [6.45, 7) is 3.06. The largest absolute Gasteiger partial charge is 0.353 e. The van der Waals surface area contributed by atoms with E-state index in [0.29, 0.717) is 0 Å².